The zero-order valence-corrected chi connectivity index (χ0v) is 17.6. The molecule has 0 aromatic carbocycles. The van der Waals surface area contributed by atoms with E-state index in [-0.39, 0.29) is 13.2 Å². The summed E-state index contributed by atoms with van der Waals surface area (Å²) in [6.45, 7) is 14.8. The number of hydrogen-bond acceptors (Lipinski definition) is 6. The zero-order chi connectivity index (χ0) is 22.9. The highest BCUT2D eigenvalue weighted by Gasteiger charge is 2.41. The zero-order valence-electron chi connectivity index (χ0n) is 17.6. The van der Waals surface area contributed by atoms with E-state index in [0.29, 0.717) is 6.42 Å². The molecule has 9 heteroatoms. The highest BCUT2D eigenvalue weighted by Crippen LogP contribution is 2.21. The van der Waals surface area contributed by atoms with Crippen LogP contribution in [0.5, 0.6) is 0 Å². The molecule has 0 amide bonds. The minimum absolute atomic E-state index is 0.0229. The van der Waals surface area contributed by atoms with E-state index in [4.69, 9.17) is 14.2 Å². The van der Waals surface area contributed by atoms with Crippen LogP contribution in [0.2, 0.25) is 0 Å². The number of halogens is 3. The number of rotatable bonds is 13. The van der Waals surface area contributed by atoms with Crippen LogP contribution in [-0.4, -0.2) is 55.2 Å². The Bertz CT molecular complexity index is 573. The average Bonchev–Trinajstić information content (AvgIpc) is 2.61. The summed E-state index contributed by atoms with van der Waals surface area (Å²) in [6, 6.07) is 0. The molecule has 0 saturated carbocycles. The van der Waals surface area contributed by atoms with E-state index in [0.717, 1.165) is 0 Å². The Labute approximate surface area is 170 Å². The van der Waals surface area contributed by atoms with Gasteiger partial charge >= 0.3 is 18.1 Å². The Morgan fingerprint density at radius 3 is 2.00 bits per heavy atom. The van der Waals surface area contributed by atoms with Crippen molar-refractivity contribution in [3.63, 3.8) is 0 Å². The predicted octanol–water partition coefficient (Wildman–Crippen LogP) is 3.99. The molecule has 0 heterocycles. The SMILES string of the molecule is C=CCC(C)(C=C)OC(C)COC(=O)C(C)(C)OCC(C)COC(=O)C(F)(F)F. The van der Waals surface area contributed by atoms with Crippen molar-refractivity contribution in [1.82, 2.24) is 0 Å². The van der Waals surface area contributed by atoms with Gasteiger partial charge in [-0.1, -0.05) is 19.1 Å². The van der Waals surface area contributed by atoms with E-state index >= 15 is 0 Å². The molecular formula is C20H31F3O6. The van der Waals surface area contributed by atoms with Crippen LogP contribution in [0.3, 0.4) is 0 Å². The second kappa shape index (κ2) is 11.3. The molecule has 0 fully saturated rings. The highest BCUT2D eigenvalue weighted by atomic mass is 19.4. The van der Waals surface area contributed by atoms with Gasteiger partial charge in [0.2, 0.25) is 0 Å². The molecule has 168 valence electrons. The van der Waals surface area contributed by atoms with Crippen LogP contribution in [-0.2, 0) is 28.5 Å². The Kier molecular flexibility index (Phi) is 10.6. The first kappa shape index (κ1) is 27.1. The molecule has 0 bridgehead atoms. The van der Waals surface area contributed by atoms with Gasteiger partial charge in [0.25, 0.3) is 0 Å². The summed E-state index contributed by atoms with van der Waals surface area (Å²) in [6.07, 6.45) is -1.58. The van der Waals surface area contributed by atoms with Crippen LogP contribution in [0.4, 0.5) is 13.2 Å². The van der Waals surface area contributed by atoms with Crippen molar-refractivity contribution in [2.75, 3.05) is 19.8 Å². The summed E-state index contributed by atoms with van der Waals surface area (Å²) < 4.78 is 57.0. The van der Waals surface area contributed by atoms with Gasteiger partial charge in [0.05, 0.1) is 24.9 Å². The number of ether oxygens (including phenoxy) is 4. The third-order valence-corrected chi connectivity index (χ3v) is 3.85. The molecule has 0 saturated heterocycles. The van der Waals surface area contributed by atoms with Gasteiger partial charge in [-0.3, -0.25) is 0 Å². The fourth-order valence-corrected chi connectivity index (χ4v) is 2.08. The van der Waals surface area contributed by atoms with Crippen LogP contribution in [0.1, 0.15) is 41.0 Å². The van der Waals surface area contributed by atoms with E-state index in [2.05, 4.69) is 17.9 Å². The molecular weight excluding hydrogens is 393 g/mol. The van der Waals surface area contributed by atoms with Crippen molar-refractivity contribution in [2.24, 2.45) is 5.92 Å². The van der Waals surface area contributed by atoms with Crippen LogP contribution in [0, 0.1) is 5.92 Å². The van der Waals surface area contributed by atoms with Crippen molar-refractivity contribution in [1.29, 1.82) is 0 Å². The molecule has 6 nitrogen and oxygen atoms in total. The third kappa shape index (κ3) is 10.5. The molecule has 3 unspecified atom stereocenters. The molecule has 0 aliphatic rings. The Morgan fingerprint density at radius 1 is 0.966 bits per heavy atom. The van der Waals surface area contributed by atoms with Gasteiger partial charge in [-0.05, 0) is 34.1 Å². The van der Waals surface area contributed by atoms with Crippen LogP contribution in [0.15, 0.2) is 25.3 Å². The van der Waals surface area contributed by atoms with Gasteiger partial charge < -0.3 is 18.9 Å². The first-order chi connectivity index (χ1) is 13.2. The summed E-state index contributed by atoms with van der Waals surface area (Å²) in [5, 5.41) is 0. The van der Waals surface area contributed by atoms with Crippen molar-refractivity contribution < 1.29 is 41.7 Å². The van der Waals surface area contributed by atoms with Crippen molar-refractivity contribution in [3.8, 4) is 0 Å². The smallest absolute Gasteiger partial charge is 0.461 e. The van der Waals surface area contributed by atoms with E-state index in [9.17, 15) is 22.8 Å². The Morgan fingerprint density at radius 2 is 1.52 bits per heavy atom. The van der Waals surface area contributed by atoms with E-state index in [1.54, 1.807) is 19.1 Å². The minimum Gasteiger partial charge on any atom is -0.461 e. The van der Waals surface area contributed by atoms with Gasteiger partial charge in [0, 0.05) is 5.92 Å². The summed E-state index contributed by atoms with van der Waals surface area (Å²) in [5.41, 5.74) is -1.98. The average molecular weight is 424 g/mol. The van der Waals surface area contributed by atoms with Crippen LogP contribution < -0.4 is 0 Å². The summed E-state index contributed by atoms with van der Waals surface area (Å²) in [7, 11) is 0. The topological polar surface area (TPSA) is 71.1 Å². The van der Waals surface area contributed by atoms with Gasteiger partial charge in [-0.25, -0.2) is 9.59 Å². The number of esters is 2. The van der Waals surface area contributed by atoms with E-state index in [1.807, 2.05) is 6.92 Å². The Balaban J connectivity index is 4.45. The highest BCUT2D eigenvalue weighted by molar-refractivity contribution is 5.78. The summed E-state index contributed by atoms with van der Waals surface area (Å²) in [5.74, 6) is -3.47. The Hall–Kier alpha value is -1.87. The number of hydrogen-bond donors (Lipinski definition) is 0. The lowest BCUT2D eigenvalue weighted by molar-refractivity contribution is -0.202. The predicted molar refractivity (Wildman–Crippen MR) is 101 cm³/mol. The quantitative estimate of drug-likeness (QED) is 0.329. The standard InChI is InChI=1S/C20H31F3O6/c1-8-10-19(7,9-2)29-15(4)13-27-16(24)18(5,6)28-12-14(3)11-26-17(25)20(21,22)23/h8-9,14-15H,1-2,10-13H2,3-7H3. The molecule has 0 aromatic heterocycles. The second-order valence-electron chi connectivity index (χ2n) is 7.56. The summed E-state index contributed by atoms with van der Waals surface area (Å²) >= 11 is 0. The lowest BCUT2D eigenvalue weighted by Crippen LogP contribution is -2.40. The summed E-state index contributed by atoms with van der Waals surface area (Å²) in [4.78, 5) is 23.0. The molecule has 0 aliphatic heterocycles. The molecule has 0 radical (unpaired) electrons. The maximum absolute atomic E-state index is 12.3. The third-order valence-electron chi connectivity index (χ3n) is 3.85. The first-order valence-corrected chi connectivity index (χ1v) is 9.14. The lowest BCUT2D eigenvalue weighted by Gasteiger charge is -2.30. The van der Waals surface area contributed by atoms with E-state index < -0.39 is 47.9 Å². The maximum atomic E-state index is 12.3. The molecule has 0 aliphatic carbocycles. The van der Waals surface area contributed by atoms with Gasteiger partial charge in [-0.15, -0.1) is 13.2 Å². The molecule has 29 heavy (non-hydrogen) atoms. The molecule has 0 spiro atoms. The van der Waals surface area contributed by atoms with Crippen LogP contribution in [0.25, 0.3) is 0 Å². The van der Waals surface area contributed by atoms with Crippen molar-refractivity contribution >= 4 is 11.9 Å². The molecule has 0 aromatic rings. The number of alkyl halides is 3. The molecule has 0 N–H and O–H groups in total. The number of carbonyl (C=O) groups is 2. The lowest BCUT2D eigenvalue weighted by atomic mass is 10.0. The molecule has 0 rings (SSSR count). The van der Waals surface area contributed by atoms with Crippen molar-refractivity contribution in [2.45, 2.75) is 64.5 Å². The largest absolute Gasteiger partial charge is 0.490 e. The van der Waals surface area contributed by atoms with Gasteiger partial charge in [-0.2, -0.15) is 13.2 Å². The van der Waals surface area contributed by atoms with Crippen molar-refractivity contribution in [3.05, 3.63) is 25.3 Å². The molecule has 3 atom stereocenters. The fourth-order valence-electron chi connectivity index (χ4n) is 2.08. The maximum Gasteiger partial charge on any atom is 0.490 e. The van der Waals surface area contributed by atoms with Gasteiger partial charge in [0.15, 0.2) is 5.60 Å². The monoisotopic (exact) mass is 424 g/mol. The van der Waals surface area contributed by atoms with Crippen LogP contribution >= 0.6 is 0 Å². The van der Waals surface area contributed by atoms with E-state index in [1.165, 1.54) is 20.8 Å². The normalized spacial score (nSPS) is 16.3. The minimum atomic E-state index is -5.05. The van der Waals surface area contributed by atoms with Gasteiger partial charge in [0.1, 0.15) is 6.61 Å². The second-order valence-corrected chi connectivity index (χ2v) is 7.56. The fraction of sp³-hybridized carbons (Fsp3) is 0.700. The number of carbonyl (C=O) groups excluding carboxylic acids is 2. The first-order valence-electron chi connectivity index (χ1n) is 9.14.